The number of rotatable bonds is 5. The summed E-state index contributed by atoms with van der Waals surface area (Å²) >= 11 is 1.73. The molecule has 1 aliphatic carbocycles. The topological polar surface area (TPSA) is 92.5 Å². The van der Waals surface area contributed by atoms with Gasteiger partial charge in [0.15, 0.2) is 5.75 Å². The van der Waals surface area contributed by atoms with E-state index in [-0.39, 0.29) is 16.2 Å². The zero-order chi connectivity index (χ0) is 14.0. The number of hydrogen-bond acceptors (Lipinski definition) is 5. The van der Waals surface area contributed by atoms with Gasteiger partial charge in [0, 0.05) is 22.9 Å². The Morgan fingerprint density at radius 1 is 1.58 bits per heavy atom. The molecule has 1 aromatic carbocycles. The lowest BCUT2D eigenvalue weighted by Crippen LogP contribution is -2.31. The fraction of sp³-hybridized carbons (Fsp3) is 0.417. The number of thioether (sulfide) groups is 1. The molecule has 0 unspecified atom stereocenters. The van der Waals surface area contributed by atoms with Crippen LogP contribution in [0.2, 0.25) is 0 Å². The van der Waals surface area contributed by atoms with Crippen LogP contribution in [0.3, 0.4) is 0 Å². The Labute approximate surface area is 114 Å². The number of phenols is 1. The number of phenolic OH excluding ortho intramolecular Hbond substituents is 1. The molecule has 1 aliphatic rings. The fourth-order valence-electron chi connectivity index (χ4n) is 1.75. The number of nitro groups is 1. The number of nitro benzene ring substituents is 1. The van der Waals surface area contributed by atoms with Crippen molar-refractivity contribution in [2.45, 2.75) is 17.6 Å². The lowest BCUT2D eigenvalue weighted by Gasteiger charge is -2.13. The zero-order valence-electron chi connectivity index (χ0n) is 10.4. The van der Waals surface area contributed by atoms with Crippen LogP contribution < -0.4 is 5.32 Å². The van der Waals surface area contributed by atoms with E-state index in [0.717, 1.165) is 25.0 Å². The largest absolute Gasteiger partial charge is 0.502 e. The first kappa shape index (κ1) is 13.7. The zero-order valence-corrected chi connectivity index (χ0v) is 11.2. The van der Waals surface area contributed by atoms with Gasteiger partial charge in [-0.1, -0.05) is 0 Å². The molecule has 0 atom stereocenters. The Bertz CT molecular complexity index is 528. The molecule has 0 aromatic heterocycles. The van der Waals surface area contributed by atoms with Crippen molar-refractivity contribution >= 4 is 23.4 Å². The highest BCUT2D eigenvalue weighted by Gasteiger charge is 2.41. The Hall–Kier alpha value is -1.76. The van der Waals surface area contributed by atoms with Crippen LogP contribution in [0, 0.1) is 10.1 Å². The molecule has 1 saturated carbocycles. The van der Waals surface area contributed by atoms with Crippen molar-refractivity contribution in [3.05, 3.63) is 33.9 Å². The highest BCUT2D eigenvalue weighted by molar-refractivity contribution is 8.00. The van der Waals surface area contributed by atoms with Crippen molar-refractivity contribution in [3.63, 3.8) is 0 Å². The van der Waals surface area contributed by atoms with Gasteiger partial charge in [-0.05, 0) is 31.2 Å². The minimum absolute atomic E-state index is 0.151. The molecule has 1 fully saturated rings. The molecule has 0 aliphatic heterocycles. The maximum atomic E-state index is 11.9. The third kappa shape index (κ3) is 2.98. The number of aromatic hydroxyl groups is 1. The molecule has 0 heterocycles. The number of carbonyl (C=O) groups is 1. The van der Waals surface area contributed by atoms with Crippen LogP contribution in [0.4, 0.5) is 5.69 Å². The van der Waals surface area contributed by atoms with E-state index < -0.39 is 16.4 Å². The molecule has 6 nitrogen and oxygen atoms in total. The molecular formula is C12H14N2O4S. The molecule has 0 spiro atoms. The summed E-state index contributed by atoms with van der Waals surface area (Å²) < 4.78 is 0.151. The van der Waals surface area contributed by atoms with Crippen LogP contribution >= 0.6 is 11.8 Å². The van der Waals surface area contributed by atoms with Crippen molar-refractivity contribution in [3.8, 4) is 5.75 Å². The second kappa shape index (κ2) is 5.08. The minimum Gasteiger partial charge on any atom is -0.502 e. The van der Waals surface area contributed by atoms with Crippen molar-refractivity contribution in [2.75, 3.05) is 12.8 Å². The van der Waals surface area contributed by atoms with Gasteiger partial charge in [0.1, 0.15) is 0 Å². The Kier molecular flexibility index (Phi) is 3.66. The van der Waals surface area contributed by atoms with Crippen molar-refractivity contribution in [1.29, 1.82) is 0 Å². The summed E-state index contributed by atoms with van der Waals surface area (Å²) in [6.45, 7) is 0.574. The van der Waals surface area contributed by atoms with Crippen LogP contribution in [0.1, 0.15) is 23.2 Å². The van der Waals surface area contributed by atoms with Crippen LogP contribution in [-0.2, 0) is 0 Å². The fourth-order valence-corrected chi connectivity index (χ4v) is 2.48. The van der Waals surface area contributed by atoms with Gasteiger partial charge in [0.25, 0.3) is 5.91 Å². The van der Waals surface area contributed by atoms with Crippen LogP contribution in [0.5, 0.6) is 5.75 Å². The molecule has 0 saturated heterocycles. The van der Waals surface area contributed by atoms with Gasteiger partial charge in [-0.3, -0.25) is 14.9 Å². The summed E-state index contributed by atoms with van der Waals surface area (Å²) in [7, 11) is 0. The van der Waals surface area contributed by atoms with Crippen LogP contribution in [0.15, 0.2) is 18.2 Å². The van der Waals surface area contributed by atoms with Gasteiger partial charge in [-0.25, -0.2) is 0 Å². The van der Waals surface area contributed by atoms with Crippen molar-refractivity contribution < 1.29 is 14.8 Å². The van der Waals surface area contributed by atoms with Gasteiger partial charge >= 0.3 is 5.69 Å². The maximum absolute atomic E-state index is 11.9. The van der Waals surface area contributed by atoms with E-state index in [1.165, 1.54) is 6.07 Å². The number of carbonyl (C=O) groups excluding carboxylic acids is 1. The first-order valence-electron chi connectivity index (χ1n) is 5.78. The maximum Gasteiger partial charge on any atom is 0.310 e. The third-order valence-corrected chi connectivity index (χ3v) is 4.66. The smallest absolute Gasteiger partial charge is 0.310 e. The molecular weight excluding hydrogens is 268 g/mol. The van der Waals surface area contributed by atoms with E-state index >= 15 is 0 Å². The molecule has 19 heavy (non-hydrogen) atoms. The Morgan fingerprint density at radius 2 is 2.26 bits per heavy atom. The van der Waals surface area contributed by atoms with E-state index in [1.54, 1.807) is 11.8 Å². The summed E-state index contributed by atoms with van der Waals surface area (Å²) in [5.74, 6) is -0.825. The summed E-state index contributed by atoms with van der Waals surface area (Å²) in [4.78, 5) is 21.7. The first-order valence-corrected chi connectivity index (χ1v) is 7.01. The SMILES string of the molecule is CSC1(CNC(=O)c2ccc([N+](=O)[O-])c(O)c2)CC1. The molecule has 102 valence electrons. The molecule has 0 radical (unpaired) electrons. The number of benzene rings is 1. The lowest BCUT2D eigenvalue weighted by atomic mass is 10.1. The predicted molar refractivity (Wildman–Crippen MR) is 72.6 cm³/mol. The summed E-state index contributed by atoms with van der Waals surface area (Å²) in [6.07, 6.45) is 4.18. The highest BCUT2D eigenvalue weighted by Crippen LogP contribution is 2.46. The minimum atomic E-state index is -0.691. The number of hydrogen-bond donors (Lipinski definition) is 2. The van der Waals surface area contributed by atoms with Gasteiger partial charge in [-0.15, -0.1) is 0 Å². The van der Waals surface area contributed by atoms with E-state index in [0.29, 0.717) is 6.54 Å². The van der Waals surface area contributed by atoms with Gasteiger partial charge in [0.2, 0.25) is 0 Å². The van der Waals surface area contributed by atoms with E-state index in [9.17, 15) is 20.0 Å². The van der Waals surface area contributed by atoms with Gasteiger partial charge in [-0.2, -0.15) is 11.8 Å². The lowest BCUT2D eigenvalue weighted by molar-refractivity contribution is -0.385. The normalized spacial score (nSPS) is 15.8. The summed E-state index contributed by atoms with van der Waals surface area (Å²) in [6, 6.07) is 3.59. The quantitative estimate of drug-likeness (QED) is 0.636. The second-order valence-corrected chi connectivity index (χ2v) is 5.80. The first-order chi connectivity index (χ1) is 8.97. The molecule has 0 bridgehead atoms. The molecule has 1 amide bonds. The average molecular weight is 282 g/mol. The second-order valence-electron chi connectivity index (χ2n) is 4.53. The average Bonchev–Trinajstić information content (AvgIpc) is 3.16. The van der Waals surface area contributed by atoms with Crippen LogP contribution in [-0.4, -0.2) is 33.5 Å². The monoisotopic (exact) mass is 282 g/mol. The molecule has 1 aromatic rings. The van der Waals surface area contributed by atoms with Crippen molar-refractivity contribution in [2.24, 2.45) is 0 Å². The molecule has 2 N–H and O–H groups in total. The van der Waals surface area contributed by atoms with Crippen LogP contribution in [0.25, 0.3) is 0 Å². The standard InChI is InChI=1S/C12H14N2O4S/c1-19-12(4-5-12)7-13-11(16)8-2-3-9(14(17)18)10(15)6-8/h2-3,6,15H,4-5,7H2,1H3,(H,13,16). The summed E-state index contributed by atoms with van der Waals surface area (Å²) in [5.41, 5.74) is -0.181. The Morgan fingerprint density at radius 3 is 2.74 bits per heavy atom. The van der Waals surface area contributed by atoms with Gasteiger partial charge in [0.05, 0.1) is 4.92 Å². The van der Waals surface area contributed by atoms with E-state index in [4.69, 9.17) is 0 Å². The van der Waals surface area contributed by atoms with E-state index in [1.807, 2.05) is 6.26 Å². The Balaban J connectivity index is 2.03. The predicted octanol–water partition coefficient (Wildman–Crippen LogP) is 1.93. The number of nitrogens with one attached hydrogen (secondary N) is 1. The highest BCUT2D eigenvalue weighted by atomic mass is 32.2. The third-order valence-electron chi connectivity index (χ3n) is 3.25. The molecule has 7 heteroatoms. The van der Waals surface area contributed by atoms with E-state index in [2.05, 4.69) is 5.32 Å². The number of nitrogens with zero attached hydrogens (tertiary/aromatic N) is 1. The summed E-state index contributed by atoms with van der Waals surface area (Å²) in [5, 5.41) is 22.8. The van der Waals surface area contributed by atoms with Gasteiger partial charge < -0.3 is 10.4 Å². The van der Waals surface area contributed by atoms with Crippen molar-refractivity contribution in [1.82, 2.24) is 5.32 Å². The molecule has 2 rings (SSSR count). The number of amides is 1.